The molecule has 0 aromatic heterocycles. The minimum absolute atomic E-state index is 0.0105. The summed E-state index contributed by atoms with van der Waals surface area (Å²) in [5.74, 6) is 1.58. The van der Waals surface area contributed by atoms with Crippen molar-refractivity contribution in [2.45, 2.75) is 80.2 Å². The van der Waals surface area contributed by atoms with Gasteiger partial charge in [0.15, 0.2) is 17.8 Å². The topological polar surface area (TPSA) is 49.7 Å². The maximum atomic E-state index is 6.21. The van der Waals surface area contributed by atoms with Crippen LogP contribution in [-0.2, 0) is 9.68 Å². The normalized spacial score (nSPS) is 25.6. The molecule has 0 saturated heterocycles. The summed E-state index contributed by atoms with van der Waals surface area (Å²) in [6, 6.07) is 8.80. The number of benzene rings is 2. The van der Waals surface area contributed by atoms with Crippen molar-refractivity contribution < 1.29 is 9.68 Å². The van der Waals surface area contributed by atoms with Gasteiger partial charge in [-0.2, -0.15) is 0 Å². The number of fused-ring (bicyclic) bond motifs is 4. The van der Waals surface area contributed by atoms with Crippen LogP contribution < -0.4 is 0 Å². The molecule has 0 amide bonds. The van der Waals surface area contributed by atoms with Gasteiger partial charge in [-0.3, -0.25) is 5.01 Å². The number of oxime groups is 2. The zero-order valence-electron chi connectivity index (χ0n) is 21.6. The van der Waals surface area contributed by atoms with Gasteiger partial charge in [0.05, 0.1) is 6.04 Å². The Labute approximate surface area is 202 Å². The van der Waals surface area contributed by atoms with E-state index in [-0.39, 0.29) is 12.1 Å². The molecule has 3 unspecified atom stereocenters. The monoisotopic (exact) mass is 458 g/mol. The van der Waals surface area contributed by atoms with Crippen molar-refractivity contribution >= 4 is 11.7 Å². The van der Waals surface area contributed by atoms with Gasteiger partial charge in [0.25, 0.3) is 0 Å². The number of amidine groups is 2. The Hall–Kier alpha value is -3.28. The van der Waals surface area contributed by atoms with Crippen molar-refractivity contribution in [3.8, 4) is 0 Å². The van der Waals surface area contributed by atoms with Crippen LogP contribution in [0, 0.1) is 41.5 Å². The van der Waals surface area contributed by atoms with Crippen molar-refractivity contribution in [2.75, 3.05) is 0 Å². The molecule has 3 aliphatic heterocycles. The first-order chi connectivity index (χ1) is 16.0. The molecule has 178 valence electrons. The molecule has 0 radical (unpaired) electrons. The Kier molecular flexibility index (Phi) is 5.04. The zero-order valence-corrected chi connectivity index (χ0v) is 21.6. The molecule has 34 heavy (non-hydrogen) atoms. The van der Waals surface area contributed by atoms with E-state index in [1.54, 1.807) is 0 Å². The first kappa shape index (κ1) is 22.5. The Balaban J connectivity index is 1.74. The van der Waals surface area contributed by atoms with Crippen LogP contribution in [0.4, 0.5) is 0 Å². The lowest BCUT2D eigenvalue weighted by atomic mass is 9.96. The highest BCUT2D eigenvalue weighted by atomic mass is 16.7. The second-order valence-corrected chi connectivity index (χ2v) is 10.3. The van der Waals surface area contributed by atoms with Crippen molar-refractivity contribution in [3.05, 3.63) is 80.4 Å². The summed E-state index contributed by atoms with van der Waals surface area (Å²) in [4.78, 5) is 12.3. The number of nitrogens with zero attached hydrogens (tertiary/aromatic N) is 4. The largest absolute Gasteiger partial charge is 0.384 e. The van der Waals surface area contributed by atoms with Crippen LogP contribution in [0.2, 0.25) is 0 Å². The van der Waals surface area contributed by atoms with E-state index in [2.05, 4.69) is 108 Å². The molecule has 2 aromatic carbocycles. The fourth-order valence-corrected chi connectivity index (χ4v) is 6.01. The van der Waals surface area contributed by atoms with E-state index in [0.29, 0.717) is 0 Å². The molecule has 0 spiro atoms. The van der Waals surface area contributed by atoms with E-state index in [4.69, 9.17) is 14.8 Å². The third-order valence-corrected chi connectivity index (χ3v) is 7.19. The van der Waals surface area contributed by atoms with Crippen LogP contribution in [0.25, 0.3) is 0 Å². The molecule has 0 aliphatic carbocycles. The molecular weight excluding hydrogens is 424 g/mol. The van der Waals surface area contributed by atoms with Crippen molar-refractivity contribution in [1.82, 2.24) is 10.0 Å². The number of hydrogen-bond donors (Lipinski definition) is 0. The number of hydrogen-bond acceptors (Lipinski definition) is 6. The number of rotatable bonds is 2. The summed E-state index contributed by atoms with van der Waals surface area (Å²) in [6.45, 7) is 19.1. The van der Waals surface area contributed by atoms with E-state index >= 15 is 0 Å². The summed E-state index contributed by atoms with van der Waals surface area (Å²) < 4.78 is 0. The van der Waals surface area contributed by atoms with Gasteiger partial charge in [-0.1, -0.05) is 45.7 Å². The van der Waals surface area contributed by atoms with E-state index in [1.807, 2.05) is 0 Å². The highest BCUT2D eigenvalue weighted by Gasteiger charge is 2.53. The molecule has 3 heterocycles. The van der Waals surface area contributed by atoms with E-state index in [1.165, 1.54) is 33.4 Å². The zero-order chi connectivity index (χ0) is 24.5. The summed E-state index contributed by atoms with van der Waals surface area (Å²) in [7, 11) is 0. The van der Waals surface area contributed by atoms with Gasteiger partial charge < -0.3 is 9.68 Å². The highest BCUT2D eigenvalue weighted by Crippen LogP contribution is 2.41. The molecule has 2 aromatic rings. The summed E-state index contributed by atoms with van der Waals surface area (Å²) >= 11 is 0. The van der Waals surface area contributed by atoms with Crippen molar-refractivity contribution in [3.63, 3.8) is 0 Å². The molecule has 0 N–H and O–H groups in total. The second-order valence-electron chi connectivity index (χ2n) is 10.3. The van der Waals surface area contributed by atoms with Gasteiger partial charge in [0.2, 0.25) is 5.72 Å². The maximum Gasteiger partial charge on any atom is 0.245 e. The minimum Gasteiger partial charge on any atom is -0.384 e. The maximum absolute atomic E-state index is 6.21. The van der Waals surface area contributed by atoms with Crippen LogP contribution in [0.15, 0.2) is 46.2 Å². The Bertz CT molecular complexity index is 1250. The molecule has 3 atom stereocenters. The minimum atomic E-state index is -0.798. The van der Waals surface area contributed by atoms with Gasteiger partial charge in [-0.05, 0) is 89.3 Å². The average Bonchev–Trinajstić information content (AvgIpc) is 3.00. The first-order valence-corrected chi connectivity index (χ1v) is 12.0. The molecule has 3 aliphatic rings. The third-order valence-electron chi connectivity index (χ3n) is 7.19. The molecule has 0 saturated carbocycles. The molecule has 5 rings (SSSR count). The summed E-state index contributed by atoms with van der Waals surface area (Å²) in [5.41, 5.74) is 9.61. The van der Waals surface area contributed by atoms with Crippen LogP contribution in [-0.4, -0.2) is 39.6 Å². The second kappa shape index (κ2) is 7.62. The number of aryl methyl sites for hydroxylation is 6. The van der Waals surface area contributed by atoms with Gasteiger partial charge in [0, 0.05) is 18.1 Å². The standard InChI is InChI=1S/C28H34N4O2/c1-15-10-17(3)23(18(4)11-15)26-29-33-25-21(7)14-28(9)32(31(26)22(25)8)27(30-34-28)24-19(5)12-16(2)13-20(24)6/h10-14,22,25H,1-9H3. The third kappa shape index (κ3) is 3.23. The van der Waals surface area contributed by atoms with Gasteiger partial charge >= 0.3 is 0 Å². The predicted molar refractivity (Wildman–Crippen MR) is 136 cm³/mol. The SMILES string of the molecule is CC1=CC2(C)ON=C(c3c(C)cc(C)cc3C)N2N2C(c3c(C)cc(C)cc3C)=NOC1C2C. The smallest absolute Gasteiger partial charge is 0.245 e. The Morgan fingerprint density at radius 1 is 0.765 bits per heavy atom. The van der Waals surface area contributed by atoms with Gasteiger partial charge in [0.1, 0.15) is 0 Å². The molecular formula is C28H34N4O2. The highest BCUT2D eigenvalue weighted by molar-refractivity contribution is 6.07. The Morgan fingerprint density at radius 3 is 1.79 bits per heavy atom. The Morgan fingerprint density at radius 2 is 1.26 bits per heavy atom. The first-order valence-electron chi connectivity index (χ1n) is 12.0. The number of hydrazine groups is 1. The fourth-order valence-electron chi connectivity index (χ4n) is 6.01. The molecule has 2 bridgehead atoms. The lowest BCUT2D eigenvalue weighted by Gasteiger charge is -2.46. The van der Waals surface area contributed by atoms with Crippen LogP contribution >= 0.6 is 0 Å². The van der Waals surface area contributed by atoms with Crippen molar-refractivity contribution in [1.29, 1.82) is 0 Å². The van der Waals surface area contributed by atoms with E-state index < -0.39 is 5.72 Å². The lowest BCUT2D eigenvalue weighted by Crippen LogP contribution is -2.62. The summed E-state index contributed by atoms with van der Waals surface area (Å²) in [5, 5.41) is 13.8. The van der Waals surface area contributed by atoms with E-state index in [0.717, 1.165) is 28.4 Å². The van der Waals surface area contributed by atoms with E-state index in [9.17, 15) is 0 Å². The molecule has 6 nitrogen and oxygen atoms in total. The van der Waals surface area contributed by atoms with Crippen molar-refractivity contribution in [2.24, 2.45) is 10.3 Å². The average molecular weight is 459 g/mol. The quantitative estimate of drug-likeness (QED) is 0.552. The molecule has 6 heteroatoms. The molecule has 0 fully saturated rings. The lowest BCUT2D eigenvalue weighted by molar-refractivity contribution is -0.131. The summed E-state index contributed by atoms with van der Waals surface area (Å²) in [6.07, 6.45) is 1.94. The predicted octanol–water partition coefficient (Wildman–Crippen LogP) is 5.57. The van der Waals surface area contributed by atoms with Crippen LogP contribution in [0.3, 0.4) is 0 Å². The van der Waals surface area contributed by atoms with Crippen LogP contribution in [0.1, 0.15) is 65.3 Å². The fraction of sp³-hybridized carbons (Fsp3) is 0.429. The van der Waals surface area contributed by atoms with Crippen LogP contribution in [0.5, 0.6) is 0 Å². The van der Waals surface area contributed by atoms with Gasteiger partial charge in [-0.15, -0.1) is 0 Å². The van der Waals surface area contributed by atoms with Gasteiger partial charge in [-0.25, -0.2) is 5.01 Å².